The Kier molecular flexibility index (Phi) is 3.28. The predicted octanol–water partition coefficient (Wildman–Crippen LogP) is 4.00. The van der Waals surface area contributed by atoms with E-state index in [9.17, 15) is 13.6 Å². The van der Waals surface area contributed by atoms with Gasteiger partial charge in [0.15, 0.2) is 5.78 Å². The number of benzene rings is 1. The van der Waals surface area contributed by atoms with Gasteiger partial charge in [-0.3, -0.25) is 9.78 Å². The van der Waals surface area contributed by atoms with Gasteiger partial charge in [0, 0.05) is 23.7 Å². The normalized spacial score (nSPS) is 10.9. The minimum Gasteiger partial charge on any atom is -0.294 e. The molecular formula is C15H9F2NOS. The molecule has 0 N–H and O–H groups in total. The number of aromatic nitrogens is 1. The first-order valence-electron chi connectivity index (χ1n) is 5.94. The first-order chi connectivity index (χ1) is 9.65. The Labute approximate surface area is 117 Å². The smallest absolute Gasteiger partial charge is 0.169 e. The Morgan fingerprint density at radius 1 is 1.20 bits per heavy atom. The molecule has 1 aromatic carbocycles. The van der Waals surface area contributed by atoms with E-state index in [0.29, 0.717) is 5.56 Å². The maximum Gasteiger partial charge on any atom is 0.169 e. The van der Waals surface area contributed by atoms with Crippen LogP contribution >= 0.6 is 11.3 Å². The van der Waals surface area contributed by atoms with E-state index >= 15 is 0 Å². The molecule has 0 radical (unpaired) electrons. The fourth-order valence-corrected chi connectivity index (χ4v) is 2.74. The third kappa shape index (κ3) is 2.32. The zero-order valence-corrected chi connectivity index (χ0v) is 11.1. The first-order valence-corrected chi connectivity index (χ1v) is 6.82. The van der Waals surface area contributed by atoms with Crippen LogP contribution < -0.4 is 0 Å². The van der Waals surface area contributed by atoms with Crippen LogP contribution in [0.25, 0.3) is 10.2 Å². The molecule has 3 rings (SSSR count). The highest BCUT2D eigenvalue weighted by atomic mass is 32.1. The third-order valence-corrected chi connectivity index (χ3v) is 3.88. The van der Waals surface area contributed by atoms with E-state index in [1.54, 1.807) is 6.07 Å². The maximum absolute atomic E-state index is 13.5. The highest BCUT2D eigenvalue weighted by molar-refractivity contribution is 7.17. The molecule has 0 aliphatic carbocycles. The van der Waals surface area contributed by atoms with Gasteiger partial charge in [0.1, 0.15) is 11.6 Å². The lowest BCUT2D eigenvalue weighted by Gasteiger charge is -2.04. The number of rotatable bonds is 3. The van der Waals surface area contributed by atoms with Crippen LogP contribution in [0.1, 0.15) is 15.9 Å². The molecule has 0 amide bonds. The van der Waals surface area contributed by atoms with Crippen molar-refractivity contribution in [2.24, 2.45) is 0 Å². The average Bonchev–Trinajstić information content (AvgIpc) is 2.90. The molecule has 0 bridgehead atoms. The molecule has 0 spiro atoms. The van der Waals surface area contributed by atoms with E-state index in [1.165, 1.54) is 23.6 Å². The SMILES string of the molecule is O=C(Cc1c(F)cccc1F)c1cnc2ccsc2c1. The monoisotopic (exact) mass is 289 g/mol. The van der Waals surface area contributed by atoms with Crippen molar-refractivity contribution >= 4 is 27.3 Å². The van der Waals surface area contributed by atoms with E-state index in [1.807, 2.05) is 11.4 Å². The number of carbonyl (C=O) groups is 1. The molecule has 0 saturated heterocycles. The summed E-state index contributed by atoms with van der Waals surface area (Å²) in [6.45, 7) is 0. The number of fused-ring (bicyclic) bond motifs is 1. The van der Waals surface area contributed by atoms with Gasteiger partial charge in [-0.05, 0) is 29.6 Å². The Morgan fingerprint density at radius 3 is 2.70 bits per heavy atom. The third-order valence-electron chi connectivity index (χ3n) is 3.02. The van der Waals surface area contributed by atoms with Gasteiger partial charge < -0.3 is 0 Å². The van der Waals surface area contributed by atoms with Crippen LogP contribution in [0.4, 0.5) is 8.78 Å². The predicted molar refractivity (Wildman–Crippen MR) is 74.0 cm³/mol. The van der Waals surface area contributed by atoms with Crippen molar-refractivity contribution in [3.8, 4) is 0 Å². The largest absolute Gasteiger partial charge is 0.294 e. The summed E-state index contributed by atoms with van der Waals surface area (Å²) in [5, 5.41) is 1.88. The summed E-state index contributed by atoms with van der Waals surface area (Å²) in [6, 6.07) is 7.12. The fraction of sp³-hybridized carbons (Fsp3) is 0.0667. The van der Waals surface area contributed by atoms with Crippen molar-refractivity contribution in [2.45, 2.75) is 6.42 Å². The fourth-order valence-electron chi connectivity index (χ4n) is 1.96. The minimum absolute atomic E-state index is 0.205. The van der Waals surface area contributed by atoms with Gasteiger partial charge in [0.25, 0.3) is 0 Å². The summed E-state index contributed by atoms with van der Waals surface area (Å²) in [6.07, 6.45) is 1.13. The topological polar surface area (TPSA) is 30.0 Å². The van der Waals surface area contributed by atoms with Crippen molar-refractivity contribution in [2.75, 3.05) is 0 Å². The van der Waals surface area contributed by atoms with Gasteiger partial charge in [-0.2, -0.15) is 0 Å². The molecule has 100 valence electrons. The van der Waals surface area contributed by atoms with Crippen molar-refractivity contribution in [3.63, 3.8) is 0 Å². The Balaban J connectivity index is 1.92. The van der Waals surface area contributed by atoms with E-state index < -0.39 is 11.6 Å². The van der Waals surface area contributed by atoms with Crippen LogP contribution in [0.2, 0.25) is 0 Å². The lowest BCUT2D eigenvalue weighted by Crippen LogP contribution is -2.07. The van der Waals surface area contributed by atoms with E-state index in [0.717, 1.165) is 22.3 Å². The van der Waals surface area contributed by atoms with Gasteiger partial charge in [-0.25, -0.2) is 8.78 Å². The molecule has 0 aliphatic heterocycles. The number of halogens is 2. The number of carbonyl (C=O) groups excluding carboxylic acids is 1. The number of nitrogens with zero attached hydrogens (tertiary/aromatic N) is 1. The van der Waals surface area contributed by atoms with Crippen LogP contribution in [-0.2, 0) is 6.42 Å². The number of Topliss-reactive ketones (excluding diaryl/α,β-unsaturated/α-hetero) is 1. The Morgan fingerprint density at radius 2 is 1.95 bits per heavy atom. The van der Waals surface area contributed by atoms with E-state index in [4.69, 9.17) is 0 Å². The average molecular weight is 289 g/mol. The lowest BCUT2D eigenvalue weighted by molar-refractivity contribution is 0.0990. The van der Waals surface area contributed by atoms with Crippen LogP contribution in [0, 0.1) is 11.6 Å². The van der Waals surface area contributed by atoms with Crippen LogP contribution in [-0.4, -0.2) is 10.8 Å². The molecular weight excluding hydrogens is 280 g/mol. The van der Waals surface area contributed by atoms with E-state index in [-0.39, 0.29) is 17.8 Å². The summed E-state index contributed by atoms with van der Waals surface area (Å²) >= 11 is 1.47. The van der Waals surface area contributed by atoms with Crippen molar-refractivity contribution < 1.29 is 13.6 Å². The van der Waals surface area contributed by atoms with Crippen LogP contribution in [0.5, 0.6) is 0 Å². The zero-order valence-electron chi connectivity index (χ0n) is 10.3. The van der Waals surface area contributed by atoms with Gasteiger partial charge in [0.2, 0.25) is 0 Å². The second kappa shape index (κ2) is 5.09. The Hall–Kier alpha value is -2.14. The van der Waals surface area contributed by atoms with Gasteiger partial charge >= 0.3 is 0 Å². The zero-order chi connectivity index (χ0) is 14.1. The summed E-state index contributed by atoms with van der Waals surface area (Å²) in [5.74, 6) is -1.76. The summed E-state index contributed by atoms with van der Waals surface area (Å²) in [4.78, 5) is 16.3. The molecule has 0 unspecified atom stereocenters. The number of thiophene rings is 1. The first kappa shape index (κ1) is 12.9. The van der Waals surface area contributed by atoms with Crippen molar-refractivity contribution in [1.29, 1.82) is 0 Å². The quantitative estimate of drug-likeness (QED) is 0.682. The molecule has 2 heterocycles. The molecule has 2 aromatic heterocycles. The molecule has 0 fully saturated rings. The molecule has 5 heteroatoms. The molecule has 3 aromatic rings. The van der Waals surface area contributed by atoms with Crippen molar-refractivity contribution in [1.82, 2.24) is 4.98 Å². The van der Waals surface area contributed by atoms with Gasteiger partial charge in [-0.15, -0.1) is 11.3 Å². The van der Waals surface area contributed by atoms with E-state index in [2.05, 4.69) is 4.98 Å². The van der Waals surface area contributed by atoms with Gasteiger partial charge in [0.05, 0.1) is 10.2 Å². The summed E-state index contributed by atoms with van der Waals surface area (Å²) < 4.78 is 27.9. The number of hydrogen-bond acceptors (Lipinski definition) is 3. The molecule has 0 saturated carbocycles. The summed E-state index contributed by atoms with van der Waals surface area (Å²) in [5.41, 5.74) is 0.968. The van der Waals surface area contributed by atoms with Crippen LogP contribution in [0.3, 0.4) is 0 Å². The van der Waals surface area contributed by atoms with Gasteiger partial charge in [-0.1, -0.05) is 6.07 Å². The summed E-state index contributed by atoms with van der Waals surface area (Å²) in [7, 11) is 0. The minimum atomic E-state index is -0.705. The maximum atomic E-state index is 13.5. The molecule has 0 atom stereocenters. The second-order valence-electron chi connectivity index (χ2n) is 4.33. The Bertz CT molecular complexity index is 777. The standard InChI is InChI=1S/C15H9F2NOS/c16-11-2-1-3-12(17)10(11)7-14(19)9-6-15-13(18-8-9)4-5-20-15/h1-6,8H,7H2. The second-order valence-corrected chi connectivity index (χ2v) is 5.28. The van der Waals surface area contributed by atoms with Crippen LogP contribution in [0.15, 0.2) is 41.9 Å². The lowest BCUT2D eigenvalue weighted by atomic mass is 10.0. The highest BCUT2D eigenvalue weighted by Crippen LogP contribution is 2.21. The number of ketones is 1. The highest BCUT2D eigenvalue weighted by Gasteiger charge is 2.15. The number of pyridine rings is 1. The number of hydrogen-bond donors (Lipinski definition) is 0. The molecule has 20 heavy (non-hydrogen) atoms. The molecule has 0 aliphatic rings. The van der Waals surface area contributed by atoms with Crippen molar-refractivity contribution in [3.05, 3.63) is 64.7 Å². The molecule has 2 nitrogen and oxygen atoms in total.